The van der Waals surface area contributed by atoms with Crippen molar-refractivity contribution in [1.29, 1.82) is 5.26 Å². The molecule has 5 nitrogen and oxygen atoms in total. The van der Waals surface area contributed by atoms with Crippen LogP contribution < -0.4 is 5.73 Å². The van der Waals surface area contributed by atoms with Crippen LogP contribution in [-0.2, 0) is 6.42 Å². The minimum atomic E-state index is 0.302. The zero-order chi connectivity index (χ0) is 17.5. The second-order valence-electron chi connectivity index (χ2n) is 5.97. The van der Waals surface area contributed by atoms with Crippen LogP contribution in [0.2, 0.25) is 0 Å². The van der Waals surface area contributed by atoms with E-state index in [2.05, 4.69) is 28.2 Å². The number of aryl methyl sites for hydroxylation is 1. The fourth-order valence-corrected chi connectivity index (χ4v) is 3.20. The topological polar surface area (TPSA) is 91.4 Å². The summed E-state index contributed by atoms with van der Waals surface area (Å²) < 4.78 is 0. The molecule has 1 aliphatic carbocycles. The maximum absolute atomic E-state index is 9.61. The molecule has 0 unspecified atom stereocenters. The molecule has 3 rings (SSSR count). The van der Waals surface area contributed by atoms with Gasteiger partial charge in [0.15, 0.2) is 0 Å². The Labute approximate surface area is 144 Å². The molecule has 128 valence electrons. The first-order chi connectivity index (χ1) is 11.7. The standard InChI is InChI=1S/C17H21N5.C2H6/c1-2-14-9-12(7-8-20-14)17-15(10-18)16(21-22-17)11-3-5-13(19)6-4-11;1-2/h7-9,11,13H,2-6,19H2,1H3,(H,21,22);1-2H3. The second kappa shape index (κ2) is 8.60. The highest BCUT2D eigenvalue weighted by Crippen LogP contribution is 2.35. The maximum atomic E-state index is 9.61. The second-order valence-corrected chi connectivity index (χ2v) is 5.97. The van der Waals surface area contributed by atoms with Crippen LogP contribution in [0.1, 0.15) is 69.3 Å². The van der Waals surface area contributed by atoms with E-state index in [1.165, 1.54) is 0 Å². The highest BCUT2D eigenvalue weighted by molar-refractivity contribution is 5.68. The molecule has 3 N–H and O–H groups in total. The fourth-order valence-electron chi connectivity index (χ4n) is 3.20. The van der Waals surface area contributed by atoms with E-state index in [0.717, 1.165) is 54.7 Å². The van der Waals surface area contributed by atoms with Crippen LogP contribution in [0.4, 0.5) is 0 Å². The van der Waals surface area contributed by atoms with Gasteiger partial charge in [-0.25, -0.2) is 0 Å². The van der Waals surface area contributed by atoms with E-state index in [0.29, 0.717) is 17.5 Å². The van der Waals surface area contributed by atoms with E-state index in [1.54, 1.807) is 6.20 Å². The summed E-state index contributed by atoms with van der Waals surface area (Å²) in [7, 11) is 0. The van der Waals surface area contributed by atoms with Gasteiger partial charge < -0.3 is 5.73 Å². The molecule has 2 aromatic rings. The Balaban J connectivity index is 0.00000100. The van der Waals surface area contributed by atoms with E-state index >= 15 is 0 Å². The monoisotopic (exact) mass is 325 g/mol. The van der Waals surface area contributed by atoms with Gasteiger partial charge in [-0.1, -0.05) is 20.8 Å². The molecule has 24 heavy (non-hydrogen) atoms. The fraction of sp³-hybridized carbons (Fsp3) is 0.526. The lowest BCUT2D eigenvalue weighted by Crippen LogP contribution is -2.26. The molecule has 2 aromatic heterocycles. The largest absolute Gasteiger partial charge is 0.328 e. The van der Waals surface area contributed by atoms with Gasteiger partial charge >= 0.3 is 0 Å². The van der Waals surface area contributed by atoms with Crippen LogP contribution in [0.25, 0.3) is 11.3 Å². The normalized spacial score (nSPS) is 20.0. The number of rotatable bonds is 3. The third kappa shape index (κ3) is 3.82. The quantitative estimate of drug-likeness (QED) is 0.894. The molecule has 1 fully saturated rings. The van der Waals surface area contributed by atoms with Gasteiger partial charge in [0.25, 0.3) is 0 Å². The first-order valence-corrected chi connectivity index (χ1v) is 8.92. The smallest absolute Gasteiger partial charge is 0.110 e. The lowest BCUT2D eigenvalue weighted by atomic mass is 9.83. The number of aromatic nitrogens is 3. The minimum absolute atomic E-state index is 0.302. The molecule has 5 heteroatoms. The van der Waals surface area contributed by atoms with Crippen LogP contribution in [0.5, 0.6) is 0 Å². The molecule has 0 saturated heterocycles. The molecular formula is C19H27N5. The van der Waals surface area contributed by atoms with Crippen molar-refractivity contribution in [2.75, 3.05) is 0 Å². The van der Waals surface area contributed by atoms with Gasteiger partial charge in [0.1, 0.15) is 17.3 Å². The van der Waals surface area contributed by atoms with Gasteiger partial charge in [0, 0.05) is 29.4 Å². The highest BCUT2D eigenvalue weighted by Gasteiger charge is 2.26. The zero-order valence-electron chi connectivity index (χ0n) is 14.8. The van der Waals surface area contributed by atoms with Gasteiger partial charge in [-0.15, -0.1) is 0 Å². The third-order valence-electron chi connectivity index (χ3n) is 4.54. The summed E-state index contributed by atoms with van der Waals surface area (Å²) in [6.45, 7) is 6.07. The maximum Gasteiger partial charge on any atom is 0.110 e. The summed E-state index contributed by atoms with van der Waals surface area (Å²) in [5, 5.41) is 17.1. The lowest BCUT2D eigenvalue weighted by molar-refractivity contribution is 0.390. The summed E-state index contributed by atoms with van der Waals surface area (Å²) in [6.07, 6.45) is 6.72. The van der Waals surface area contributed by atoms with Crippen LogP contribution in [0.3, 0.4) is 0 Å². The summed E-state index contributed by atoms with van der Waals surface area (Å²) >= 11 is 0. The van der Waals surface area contributed by atoms with E-state index in [1.807, 2.05) is 26.0 Å². The molecule has 1 saturated carbocycles. The van der Waals surface area contributed by atoms with Crippen molar-refractivity contribution in [2.45, 2.75) is 64.8 Å². The number of nitriles is 1. The molecule has 0 atom stereocenters. The Kier molecular flexibility index (Phi) is 6.51. The van der Waals surface area contributed by atoms with Gasteiger partial charge in [0.05, 0.1) is 5.69 Å². The van der Waals surface area contributed by atoms with Gasteiger partial charge in [-0.3, -0.25) is 10.1 Å². The molecule has 0 amide bonds. The molecule has 0 bridgehead atoms. The summed E-state index contributed by atoms with van der Waals surface area (Å²) in [4.78, 5) is 4.31. The Morgan fingerprint density at radius 1 is 1.29 bits per heavy atom. The predicted octanol–water partition coefficient (Wildman–Crippen LogP) is 3.92. The molecule has 1 aliphatic rings. The SMILES string of the molecule is CC.CCc1cc(-c2n[nH]c(C3CCC(N)CC3)c2C#N)ccn1. The Morgan fingerprint density at radius 3 is 2.62 bits per heavy atom. The average Bonchev–Trinajstić information content (AvgIpc) is 3.08. The number of hydrogen-bond donors (Lipinski definition) is 2. The van der Waals surface area contributed by atoms with Crippen molar-refractivity contribution >= 4 is 0 Å². The summed E-state index contributed by atoms with van der Waals surface area (Å²) in [5.74, 6) is 0.364. The van der Waals surface area contributed by atoms with Crippen molar-refractivity contribution in [3.63, 3.8) is 0 Å². The first kappa shape index (κ1) is 18.2. The highest BCUT2D eigenvalue weighted by atomic mass is 15.1. The minimum Gasteiger partial charge on any atom is -0.328 e. The van der Waals surface area contributed by atoms with Gasteiger partial charge in [0.2, 0.25) is 0 Å². The van der Waals surface area contributed by atoms with Crippen molar-refractivity contribution in [3.8, 4) is 17.3 Å². The number of nitrogens with one attached hydrogen (secondary N) is 1. The van der Waals surface area contributed by atoms with Crippen LogP contribution in [0.15, 0.2) is 18.3 Å². The predicted molar refractivity (Wildman–Crippen MR) is 96.4 cm³/mol. The Bertz CT molecular complexity index is 690. The lowest BCUT2D eigenvalue weighted by Gasteiger charge is -2.25. The summed E-state index contributed by atoms with van der Waals surface area (Å²) in [6, 6.07) is 6.57. The van der Waals surface area contributed by atoms with Crippen LogP contribution in [-0.4, -0.2) is 21.2 Å². The zero-order valence-corrected chi connectivity index (χ0v) is 14.8. The first-order valence-electron chi connectivity index (χ1n) is 8.92. The van der Waals surface area contributed by atoms with E-state index in [4.69, 9.17) is 5.73 Å². The number of pyridine rings is 1. The van der Waals surface area contributed by atoms with E-state index in [9.17, 15) is 5.26 Å². The molecule has 0 radical (unpaired) electrons. The Morgan fingerprint density at radius 2 is 2.00 bits per heavy atom. The Hall–Kier alpha value is -2.19. The van der Waals surface area contributed by atoms with Gasteiger partial charge in [-0.05, 0) is 44.2 Å². The van der Waals surface area contributed by atoms with Crippen molar-refractivity contribution in [1.82, 2.24) is 15.2 Å². The van der Waals surface area contributed by atoms with Crippen molar-refractivity contribution in [3.05, 3.63) is 35.3 Å². The number of nitrogens with two attached hydrogens (primary N) is 1. The third-order valence-corrected chi connectivity index (χ3v) is 4.54. The van der Waals surface area contributed by atoms with Crippen LogP contribution in [0, 0.1) is 11.3 Å². The molecule has 2 heterocycles. The molecule has 0 aliphatic heterocycles. The number of aromatic amines is 1. The average molecular weight is 325 g/mol. The number of H-pyrrole nitrogens is 1. The molecular weight excluding hydrogens is 298 g/mol. The van der Waals surface area contributed by atoms with Gasteiger partial charge in [-0.2, -0.15) is 10.4 Å². The molecule has 0 spiro atoms. The molecule has 0 aromatic carbocycles. The number of nitrogens with zero attached hydrogens (tertiary/aromatic N) is 3. The van der Waals surface area contributed by atoms with Crippen molar-refractivity contribution < 1.29 is 0 Å². The van der Waals surface area contributed by atoms with E-state index < -0.39 is 0 Å². The van der Waals surface area contributed by atoms with Crippen molar-refractivity contribution in [2.24, 2.45) is 5.73 Å². The summed E-state index contributed by atoms with van der Waals surface area (Å²) in [5.41, 5.74) is 10.3. The van der Waals surface area contributed by atoms with Crippen LogP contribution >= 0.6 is 0 Å². The van der Waals surface area contributed by atoms with E-state index in [-0.39, 0.29) is 0 Å². The number of hydrogen-bond acceptors (Lipinski definition) is 4.